The molecule has 3 aliphatic rings. The van der Waals surface area contributed by atoms with E-state index in [9.17, 15) is 4.79 Å². The highest BCUT2D eigenvalue weighted by atomic mass is 35.5. The summed E-state index contributed by atoms with van der Waals surface area (Å²) in [5.41, 5.74) is 3.86. The highest BCUT2D eigenvalue weighted by Crippen LogP contribution is 2.56. The molecule has 1 fully saturated rings. The molecule has 1 saturated heterocycles. The third-order valence-corrected chi connectivity index (χ3v) is 10.5. The summed E-state index contributed by atoms with van der Waals surface area (Å²) in [6.07, 6.45) is 7.49. The molecule has 4 heterocycles. The molecule has 2 aromatic carbocycles. The number of nitrogens with zero attached hydrogens (tertiary/aromatic N) is 4. The number of aliphatic imine (C=N–C) groups is 1. The SMILES string of the molecule is CC[C@@H]1CC[C@@H](Cc2ccncc2)N1C(=O)C1=C(C(C)C)N2C(=N[C@@](C)(c3ccc(Cl)cc3)[C@H]2c2ccc(Cl)cc2)S1. The van der Waals surface area contributed by atoms with Crippen LogP contribution in [0.5, 0.6) is 0 Å². The van der Waals surface area contributed by atoms with Gasteiger partial charge in [-0.1, -0.05) is 68.2 Å². The van der Waals surface area contributed by atoms with E-state index in [1.165, 1.54) is 17.3 Å². The maximum atomic E-state index is 14.6. The summed E-state index contributed by atoms with van der Waals surface area (Å²) in [5.74, 6) is 0.250. The second-order valence-electron chi connectivity index (χ2n) is 11.9. The van der Waals surface area contributed by atoms with Crippen LogP contribution >= 0.6 is 35.0 Å². The molecule has 0 spiro atoms. The van der Waals surface area contributed by atoms with Crippen molar-refractivity contribution in [1.29, 1.82) is 0 Å². The first-order chi connectivity index (χ1) is 20.2. The average molecular weight is 620 g/mol. The van der Waals surface area contributed by atoms with E-state index in [0.717, 1.165) is 52.6 Å². The number of amides is 1. The van der Waals surface area contributed by atoms with E-state index in [2.05, 4.69) is 78.9 Å². The van der Waals surface area contributed by atoms with Crippen LogP contribution in [0.1, 0.15) is 69.7 Å². The number of likely N-dealkylation sites (tertiary alicyclic amines) is 1. The van der Waals surface area contributed by atoms with Crippen molar-refractivity contribution in [2.24, 2.45) is 10.9 Å². The molecule has 0 bridgehead atoms. The summed E-state index contributed by atoms with van der Waals surface area (Å²) in [5, 5.41) is 2.26. The first-order valence-electron chi connectivity index (χ1n) is 14.8. The number of thioether (sulfide) groups is 1. The molecule has 8 heteroatoms. The number of fused-ring (bicyclic) bond motifs is 1. The molecule has 0 unspecified atom stereocenters. The molecule has 4 atom stereocenters. The van der Waals surface area contributed by atoms with Gasteiger partial charge in [0.15, 0.2) is 5.17 Å². The van der Waals surface area contributed by atoms with E-state index in [1.807, 2.05) is 36.7 Å². The van der Waals surface area contributed by atoms with Crippen LogP contribution < -0.4 is 0 Å². The molecule has 1 amide bonds. The Morgan fingerprint density at radius 1 is 0.976 bits per heavy atom. The number of carbonyl (C=O) groups excluding carboxylic acids is 1. The van der Waals surface area contributed by atoms with Gasteiger partial charge in [0.05, 0.1) is 6.04 Å². The largest absolute Gasteiger partial charge is 0.332 e. The normalized spacial score (nSPS) is 25.4. The maximum absolute atomic E-state index is 14.6. The number of allylic oxidation sites excluding steroid dienone is 1. The number of benzene rings is 2. The highest BCUT2D eigenvalue weighted by molar-refractivity contribution is 8.18. The quantitative estimate of drug-likeness (QED) is 0.266. The number of hydrogen-bond acceptors (Lipinski definition) is 5. The van der Waals surface area contributed by atoms with Crippen LogP contribution in [0.2, 0.25) is 10.0 Å². The molecule has 0 saturated carbocycles. The van der Waals surface area contributed by atoms with Gasteiger partial charge >= 0.3 is 0 Å². The number of rotatable bonds is 7. The second-order valence-corrected chi connectivity index (χ2v) is 13.8. The van der Waals surface area contributed by atoms with E-state index in [0.29, 0.717) is 10.0 Å². The summed E-state index contributed by atoms with van der Waals surface area (Å²) in [6, 6.07) is 20.4. The molecule has 5 nitrogen and oxygen atoms in total. The molecule has 1 aromatic heterocycles. The van der Waals surface area contributed by atoms with E-state index in [4.69, 9.17) is 28.2 Å². The molecule has 218 valence electrons. The Kier molecular flexibility index (Phi) is 8.16. The van der Waals surface area contributed by atoms with Crippen molar-refractivity contribution >= 4 is 46.0 Å². The average Bonchev–Trinajstić information content (AvgIpc) is 3.64. The third-order valence-electron chi connectivity index (χ3n) is 8.91. The number of halogens is 2. The van der Waals surface area contributed by atoms with Crippen LogP contribution in [0.3, 0.4) is 0 Å². The lowest BCUT2D eigenvalue weighted by Gasteiger charge is -2.37. The van der Waals surface area contributed by atoms with Crippen LogP contribution in [0.15, 0.2) is 88.7 Å². The molecule has 0 aliphatic carbocycles. The summed E-state index contributed by atoms with van der Waals surface area (Å²) >= 11 is 14.1. The van der Waals surface area contributed by atoms with Gasteiger partial charge in [-0.25, -0.2) is 4.99 Å². The van der Waals surface area contributed by atoms with Crippen LogP contribution in [-0.2, 0) is 16.8 Å². The van der Waals surface area contributed by atoms with Gasteiger partial charge in [0.2, 0.25) is 0 Å². The third kappa shape index (κ3) is 5.16. The van der Waals surface area contributed by atoms with Crippen LogP contribution in [0, 0.1) is 5.92 Å². The summed E-state index contributed by atoms with van der Waals surface area (Å²) in [6.45, 7) is 8.73. The molecular weight excluding hydrogens is 583 g/mol. The first kappa shape index (κ1) is 29.3. The Labute approximate surface area is 263 Å². The van der Waals surface area contributed by atoms with E-state index < -0.39 is 5.54 Å². The predicted molar refractivity (Wildman–Crippen MR) is 174 cm³/mol. The van der Waals surface area contributed by atoms with Gasteiger partial charge in [-0.05, 0) is 103 Å². The lowest BCUT2D eigenvalue weighted by molar-refractivity contribution is -0.129. The minimum atomic E-state index is -0.584. The Morgan fingerprint density at radius 2 is 1.60 bits per heavy atom. The van der Waals surface area contributed by atoms with Gasteiger partial charge in [-0.3, -0.25) is 9.78 Å². The smallest absolute Gasteiger partial charge is 0.263 e. The minimum absolute atomic E-state index is 0.118. The van der Waals surface area contributed by atoms with Crippen molar-refractivity contribution in [2.45, 2.75) is 77.0 Å². The lowest BCUT2D eigenvalue weighted by atomic mass is 9.81. The summed E-state index contributed by atoms with van der Waals surface area (Å²) < 4.78 is 0. The van der Waals surface area contributed by atoms with Gasteiger partial charge in [0, 0.05) is 40.2 Å². The van der Waals surface area contributed by atoms with Gasteiger partial charge in [-0.2, -0.15) is 0 Å². The number of pyridine rings is 1. The van der Waals surface area contributed by atoms with E-state index in [1.54, 1.807) is 0 Å². The summed E-state index contributed by atoms with van der Waals surface area (Å²) in [7, 11) is 0. The molecule has 0 N–H and O–H groups in total. The van der Waals surface area contributed by atoms with E-state index in [-0.39, 0.29) is 30.0 Å². The van der Waals surface area contributed by atoms with Crippen molar-refractivity contribution in [3.05, 3.63) is 110 Å². The monoisotopic (exact) mass is 618 g/mol. The van der Waals surface area contributed by atoms with Crippen LogP contribution in [0.4, 0.5) is 0 Å². The lowest BCUT2D eigenvalue weighted by Crippen LogP contribution is -2.43. The summed E-state index contributed by atoms with van der Waals surface area (Å²) in [4.78, 5) is 29.5. The zero-order chi connectivity index (χ0) is 29.6. The minimum Gasteiger partial charge on any atom is -0.332 e. The van der Waals surface area contributed by atoms with Crippen molar-refractivity contribution < 1.29 is 4.79 Å². The molecule has 6 rings (SSSR count). The number of aromatic nitrogens is 1. The number of carbonyl (C=O) groups is 1. The Morgan fingerprint density at radius 3 is 2.21 bits per heavy atom. The second kappa shape index (κ2) is 11.7. The van der Waals surface area contributed by atoms with E-state index >= 15 is 0 Å². The van der Waals surface area contributed by atoms with Gasteiger partial charge < -0.3 is 9.80 Å². The Bertz CT molecular complexity index is 1520. The molecule has 0 radical (unpaired) electrons. The van der Waals surface area contributed by atoms with Gasteiger partial charge in [-0.15, -0.1) is 0 Å². The van der Waals surface area contributed by atoms with Crippen LogP contribution in [0.25, 0.3) is 0 Å². The predicted octanol–water partition coefficient (Wildman–Crippen LogP) is 8.64. The van der Waals surface area contributed by atoms with Crippen molar-refractivity contribution in [2.75, 3.05) is 0 Å². The first-order valence-corrected chi connectivity index (χ1v) is 16.3. The zero-order valence-electron chi connectivity index (χ0n) is 24.4. The fourth-order valence-electron chi connectivity index (χ4n) is 6.87. The van der Waals surface area contributed by atoms with Crippen molar-refractivity contribution in [1.82, 2.24) is 14.8 Å². The van der Waals surface area contributed by atoms with Gasteiger partial charge in [0.1, 0.15) is 10.4 Å². The Balaban J connectivity index is 1.42. The molecule has 3 aromatic rings. The fraction of sp³-hybridized carbons (Fsp3) is 0.382. The van der Waals surface area contributed by atoms with Crippen molar-refractivity contribution in [3.63, 3.8) is 0 Å². The number of hydrogen-bond donors (Lipinski definition) is 0. The Hall–Kier alpha value is -2.80. The highest BCUT2D eigenvalue weighted by Gasteiger charge is 2.54. The maximum Gasteiger partial charge on any atom is 0.263 e. The molecule has 42 heavy (non-hydrogen) atoms. The standard InChI is InChI=1S/C34H36Cl2N4OS/c1-5-27-14-15-28(20-22-16-18-37-19-17-22)39(27)32(41)30-29(21(2)3)40-31(23-6-10-25(35)11-7-23)34(4,38-33(40)42-30)24-8-12-26(36)13-9-24/h6-13,16-19,21,27-28,31H,5,14-15,20H2,1-4H3/t27-,28+,31-,34+/m1/s1. The zero-order valence-corrected chi connectivity index (χ0v) is 26.8. The van der Waals surface area contributed by atoms with Crippen LogP contribution in [-0.4, -0.2) is 37.9 Å². The van der Waals surface area contributed by atoms with Crippen molar-refractivity contribution in [3.8, 4) is 0 Å². The number of amidine groups is 1. The molecule has 3 aliphatic heterocycles. The van der Waals surface area contributed by atoms with Gasteiger partial charge in [0.25, 0.3) is 5.91 Å². The fourth-order valence-corrected chi connectivity index (χ4v) is 8.47. The molecular formula is C34H36Cl2N4OS. The topological polar surface area (TPSA) is 48.8 Å².